The molecule has 2 saturated heterocycles. The summed E-state index contributed by atoms with van der Waals surface area (Å²) in [5.41, 5.74) is 0. The van der Waals surface area contributed by atoms with Gasteiger partial charge in [0.05, 0.1) is 13.2 Å². The lowest BCUT2D eigenvalue weighted by Gasteiger charge is -2.30. The maximum Gasteiger partial charge on any atom is 0.317 e. The minimum absolute atomic E-state index is 0.120. The monoisotopic (exact) mass is 329 g/mol. The van der Waals surface area contributed by atoms with Gasteiger partial charge >= 0.3 is 6.03 Å². The third-order valence-electron chi connectivity index (χ3n) is 4.52. The van der Waals surface area contributed by atoms with E-state index in [-0.39, 0.29) is 6.03 Å². The van der Waals surface area contributed by atoms with Crippen LogP contribution in [0.5, 0.6) is 0 Å². The van der Waals surface area contributed by atoms with E-state index in [1.807, 2.05) is 16.7 Å². The molecule has 0 bridgehead atoms. The second kappa shape index (κ2) is 9.63. The number of nitrogens with zero attached hydrogens (tertiary/aromatic N) is 2. The summed E-state index contributed by atoms with van der Waals surface area (Å²) in [5, 5.41) is 3.73. The number of morpholine rings is 1. The zero-order valence-electron chi connectivity index (χ0n) is 14.1. The molecule has 0 radical (unpaired) electrons. The lowest BCUT2D eigenvalue weighted by atomic mass is 10.1. The van der Waals surface area contributed by atoms with Gasteiger partial charge in [0.2, 0.25) is 0 Å². The fourth-order valence-electron chi connectivity index (χ4n) is 3.14. The van der Waals surface area contributed by atoms with Crippen molar-refractivity contribution in [3.05, 3.63) is 0 Å². The van der Waals surface area contributed by atoms with Crippen LogP contribution in [0.25, 0.3) is 0 Å². The molecule has 0 aliphatic carbocycles. The van der Waals surface area contributed by atoms with E-state index in [2.05, 4.69) is 23.4 Å². The van der Waals surface area contributed by atoms with Gasteiger partial charge in [-0.3, -0.25) is 4.90 Å². The van der Waals surface area contributed by atoms with Gasteiger partial charge in [0.1, 0.15) is 0 Å². The summed E-state index contributed by atoms with van der Waals surface area (Å²) >= 11 is 1.89. The van der Waals surface area contributed by atoms with Crippen molar-refractivity contribution < 1.29 is 9.53 Å². The summed E-state index contributed by atoms with van der Waals surface area (Å²) in [7, 11) is 0. The van der Waals surface area contributed by atoms with Crippen molar-refractivity contribution in [2.75, 3.05) is 58.7 Å². The average Bonchev–Trinajstić information content (AvgIpc) is 2.79. The van der Waals surface area contributed by atoms with Crippen molar-refractivity contribution in [3.8, 4) is 0 Å². The Morgan fingerprint density at radius 1 is 1.32 bits per heavy atom. The highest BCUT2D eigenvalue weighted by atomic mass is 32.2. The number of nitrogens with one attached hydrogen (secondary N) is 1. The first-order chi connectivity index (χ1) is 10.7. The van der Waals surface area contributed by atoms with Crippen molar-refractivity contribution in [1.29, 1.82) is 0 Å². The Bertz CT molecular complexity index is 337. The highest BCUT2D eigenvalue weighted by Gasteiger charge is 2.22. The molecule has 128 valence electrons. The van der Waals surface area contributed by atoms with Crippen LogP contribution in [-0.4, -0.2) is 79.8 Å². The second-order valence-electron chi connectivity index (χ2n) is 6.50. The molecule has 22 heavy (non-hydrogen) atoms. The van der Waals surface area contributed by atoms with Gasteiger partial charge < -0.3 is 15.0 Å². The first kappa shape index (κ1) is 17.9. The predicted octanol–water partition coefficient (Wildman–Crippen LogP) is 1.88. The number of amides is 2. The zero-order valence-corrected chi connectivity index (χ0v) is 14.9. The first-order valence-electron chi connectivity index (χ1n) is 8.54. The van der Waals surface area contributed by atoms with Gasteiger partial charge in [0, 0.05) is 44.5 Å². The second-order valence-corrected chi connectivity index (χ2v) is 7.64. The molecule has 0 aromatic carbocycles. The zero-order chi connectivity index (χ0) is 15.8. The van der Waals surface area contributed by atoms with E-state index in [1.54, 1.807) is 0 Å². The van der Waals surface area contributed by atoms with Crippen LogP contribution in [-0.2, 0) is 4.74 Å². The number of rotatable bonds is 5. The molecular weight excluding hydrogens is 298 g/mol. The molecule has 2 rings (SSSR count). The van der Waals surface area contributed by atoms with Crippen LogP contribution in [0.2, 0.25) is 0 Å². The normalized spacial score (nSPS) is 25.5. The van der Waals surface area contributed by atoms with Crippen molar-refractivity contribution in [2.24, 2.45) is 5.92 Å². The Kier molecular flexibility index (Phi) is 7.83. The molecule has 2 heterocycles. The molecule has 0 aromatic rings. The maximum atomic E-state index is 12.4. The van der Waals surface area contributed by atoms with Crippen LogP contribution < -0.4 is 5.32 Å². The third kappa shape index (κ3) is 5.97. The number of carbonyl (C=O) groups excluding carboxylic acids is 1. The molecule has 0 unspecified atom stereocenters. The van der Waals surface area contributed by atoms with Crippen LogP contribution in [0, 0.1) is 5.92 Å². The topological polar surface area (TPSA) is 44.8 Å². The van der Waals surface area contributed by atoms with Gasteiger partial charge in [0.25, 0.3) is 0 Å². The van der Waals surface area contributed by atoms with Crippen LogP contribution in [0.4, 0.5) is 4.79 Å². The highest BCUT2D eigenvalue weighted by Crippen LogP contribution is 2.20. The number of hydrogen-bond acceptors (Lipinski definition) is 4. The van der Waals surface area contributed by atoms with Gasteiger partial charge in [0.15, 0.2) is 0 Å². The van der Waals surface area contributed by atoms with Crippen LogP contribution >= 0.6 is 11.8 Å². The lowest BCUT2D eigenvalue weighted by Crippen LogP contribution is -2.46. The molecule has 2 aliphatic heterocycles. The van der Waals surface area contributed by atoms with E-state index in [0.717, 1.165) is 58.9 Å². The molecule has 2 amide bonds. The molecule has 1 N–H and O–H groups in total. The van der Waals surface area contributed by atoms with E-state index in [1.165, 1.54) is 12.8 Å². The summed E-state index contributed by atoms with van der Waals surface area (Å²) in [6.07, 6.45) is 5.76. The summed E-state index contributed by atoms with van der Waals surface area (Å²) in [6.45, 7) is 9.51. The lowest BCUT2D eigenvalue weighted by molar-refractivity contribution is 0.0319. The summed E-state index contributed by atoms with van der Waals surface area (Å²) < 4.78 is 5.37. The Morgan fingerprint density at radius 3 is 2.82 bits per heavy atom. The number of thioether (sulfide) groups is 1. The average molecular weight is 330 g/mol. The van der Waals surface area contributed by atoms with E-state index >= 15 is 0 Å². The fraction of sp³-hybridized carbons (Fsp3) is 0.938. The third-order valence-corrected chi connectivity index (χ3v) is 5.58. The summed E-state index contributed by atoms with van der Waals surface area (Å²) in [5.74, 6) is 0.477. The van der Waals surface area contributed by atoms with E-state index in [9.17, 15) is 4.79 Å². The van der Waals surface area contributed by atoms with Crippen LogP contribution in [0.3, 0.4) is 0 Å². The minimum atomic E-state index is 0.120. The number of likely N-dealkylation sites (tertiary alicyclic amines) is 1. The SMILES string of the molecule is CS[C@@H]1CCCCN(C(=O)NC[C@H](C)CN2CCOCC2)C1. The standard InChI is InChI=1S/C16H31N3O2S/c1-14(12-18-7-9-21-10-8-18)11-17-16(20)19-6-4-3-5-15(13-19)22-2/h14-15H,3-13H2,1-2H3,(H,17,20)/t14-,15+/m0/s1. The molecule has 6 heteroatoms. The van der Waals surface area contributed by atoms with Crippen molar-refractivity contribution >= 4 is 17.8 Å². The Balaban J connectivity index is 1.69. The summed E-state index contributed by atoms with van der Waals surface area (Å²) in [6, 6.07) is 0.120. The predicted molar refractivity (Wildman–Crippen MR) is 92.5 cm³/mol. The molecule has 0 spiro atoms. The molecule has 0 saturated carbocycles. The largest absolute Gasteiger partial charge is 0.379 e. The van der Waals surface area contributed by atoms with E-state index in [4.69, 9.17) is 4.74 Å². The van der Waals surface area contributed by atoms with Gasteiger partial charge in [-0.1, -0.05) is 13.3 Å². The Labute approximate surface area is 139 Å². The smallest absolute Gasteiger partial charge is 0.317 e. The van der Waals surface area contributed by atoms with E-state index in [0.29, 0.717) is 11.2 Å². The van der Waals surface area contributed by atoms with Crippen LogP contribution in [0.15, 0.2) is 0 Å². The number of ether oxygens (including phenoxy) is 1. The minimum Gasteiger partial charge on any atom is -0.379 e. The van der Waals surface area contributed by atoms with Crippen molar-refractivity contribution in [1.82, 2.24) is 15.1 Å². The van der Waals surface area contributed by atoms with Gasteiger partial charge in [-0.15, -0.1) is 0 Å². The number of hydrogen-bond donors (Lipinski definition) is 1. The molecule has 2 aliphatic rings. The molecule has 5 nitrogen and oxygen atoms in total. The Hall–Kier alpha value is -0.460. The maximum absolute atomic E-state index is 12.4. The fourth-order valence-corrected chi connectivity index (χ4v) is 3.87. The quantitative estimate of drug-likeness (QED) is 0.836. The van der Waals surface area contributed by atoms with Crippen molar-refractivity contribution in [2.45, 2.75) is 31.4 Å². The van der Waals surface area contributed by atoms with E-state index < -0.39 is 0 Å². The first-order valence-corrected chi connectivity index (χ1v) is 9.83. The highest BCUT2D eigenvalue weighted by molar-refractivity contribution is 7.99. The van der Waals surface area contributed by atoms with Gasteiger partial charge in [-0.2, -0.15) is 11.8 Å². The van der Waals surface area contributed by atoms with Crippen molar-refractivity contribution in [3.63, 3.8) is 0 Å². The molecule has 2 atom stereocenters. The van der Waals surface area contributed by atoms with Crippen LogP contribution in [0.1, 0.15) is 26.2 Å². The summed E-state index contributed by atoms with van der Waals surface area (Å²) in [4.78, 5) is 16.8. The number of urea groups is 1. The molecule has 2 fully saturated rings. The molecular formula is C16H31N3O2S. The number of carbonyl (C=O) groups is 1. The molecule has 0 aromatic heterocycles. The van der Waals surface area contributed by atoms with Gasteiger partial charge in [-0.25, -0.2) is 4.79 Å². The Morgan fingerprint density at radius 2 is 2.09 bits per heavy atom. The van der Waals surface area contributed by atoms with Gasteiger partial charge in [-0.05, 0) is 25.0 Å².